The first-order chi connectivity index (χ1) is 5.09. The van der Waals surface area contributed by atoms with E-state index >= 15 is 0 Å². The second kappa shape index (κ2) is 2.99. The quantitative estimate of drug-likeness (QED) is 0.507. The van der Waals surface area contributed by atoms with E-state index in [1.165, 1.54) is 0 Å². The molecule has 2 heteroatoms. The van der Waals surface area contributed by atoms with Crippen molar-refractivity contribution in [2.45, 2.75) is 34.1 Å². The Labute approximate surface area is 67.8 Å². The Hall–Kier alpha value is -0.920. The average molecular weight is 150 g/mol. The van der Waals surface area contributed by atoms with Crippen molar-refractivity contribution in [1.29, 1.82) is 0 Å². The molecule has 1 rings (SSSR count). The number of aliphatic imine (C=N–C) groups is 2. The molecule has 1 aliphatic rings. The van der Waals surface area contributed by atoms with Crippen LogP contribution in [0.2, 0.25) is 0 Å². The summed E-state index contributed by atoms with van der Waals surface area (Å²) in [5.74, 6) is 0. The van der Waals surface area contributed by atoms with Crippen LogP contribution in [0.1, 0.15) is 34.1 Å². The molecule has 0 aromatic rings. The van der Waals surface area contributed by atoms with Crippen LogP contribution in [0.15, 0.2) is 21.4 Å². The summed E-state index contributed by atoms with van der Waals surface area (Å²) in [4.78, 5) is 8.78. The zero-order chi connectivity index (χ0) is 8.43. The van der Waals surface area contributed by atoms with Gasteiger partial charge in [0.2, 0.25) is 0 Å². The second-order valence-corrected chi connectivity index (χ2v) is 3.04. The van der Waals surface area contributed by atoms with Gasteiger partial charge < -0.3 is 0 Å². The Morgan fingerprint density at radius 2 is 1.18 bits per heavy atom. The third-order valence-corrected chi connectivity index (χ3v) is 1.75. The van der Waals surface area contributed by atoms with Gasteiger partial charge in [0.05, 0.1) is 11.4 Å². The van der Waals surface area contributed by atoms with Crippen LogP contribution in [-0.2, 0) is 0 Å². The zero-order valence-electron chi connectivity index (χ0n) is 7.60. The summed E-state index contributed by atoms with van der Waals surface area (Å²) < 4.78 is 0. The summed E-state index contributed by atoms with van der Waals surface area (Å²) in [5.41, 5.74) is 4.39. The highest BCUT2D eigenvalue weighted by atomic mass is 14.9. The Morgan fingerprint density at radius 1 is 0.818 bits per heavy atom. The molecular formula is C9H14N2. The van der Waals surface area contributed by atoms with Gasteiger partial charge >= 0.3 is 0 Å². The van der Waals surface area contributed by atoms with E-state index in [1.807, 2.05) is 27.7 Å². The van der Waals surface area contributed by atoms with Gasteiger partial charge in [-0.2, -0.15) is 0 Å². The van der Waals surface area contributed by atoms with Crippen molar-refractivity contribution >= 4 is 11.4 Å². The van der Waals surface area contributed by atoms with Crippen molar-refractivity contribution in [2.24, 2.45) is 9.98 Å². The number of hydrogen-bond acceptors (Lipinski definition) is 2. The maximum absolute atomic E-state index is 4.39. The first-order valence-corrected chi connectivity index (χ1v) is 3.85. The van der Waals surface area contributed by atoms with E-state index in [-0.39, 0.29) is 0 Å². The molecular weight excluding hydrogens is 136 g/mol. The molecule has 1 aliphatic heterocycles. The first-order valence-electron chi connectivity index (χ1n) is 3.85. The fourth-order valence-electron chi connectivity index (χ4n) is 1.18. The molecule has 0 fully saturated rings. The molecule has 0 unspecified atom stereocenters. The lowest BCUT2D eigenvalue weighted by atomic mass is 10.2. The van der Waals surface area contributed by atoms with Crippen molar-refractivity contribution in [3.05, 3.63) is 11.4 Å². The van der Waals surface area contributed by atoms with Gasteiger partial charge in [-0.05, 0) is 27.7 Å². The predicted octanol–water partition coefficient (Wildman–Crippen LogP) is 2.56. The van der Waals surface area contributed by atoms with E-state index in [0.29, 0.717) is 0 Å². The second-order valence-electron chi connectivity index (χ2n) is 3.04. The largest absolute Gasteiger partial charge is 0.261 e. The Balaban J connectivity index is 3.07. The van der Waals surface area contributed by atoms with Crippen LogP contribution >= 0.6 is 0 Å². The van der Waals surface area contributed by atoms with Crippen molar-refractivity contribution in [3.63, 3.8) is 0 Å². The molecule has 0 aliphatic carbocycles. The van der Waals surface area contributed by atoms with Gasteiger partial charge in [-0.1, -0.05) is 0 Å². The molecule has 0 saturated carbocycles. The number of allylic oxidation sites excluding steroid dienone is 2. The van der Waals surface area contributed by atoms with Crippen LogP contribution in [0, 0.1) is 0 Å². The molecule has 0 N–H and O–H groups in total. The highest BCUT2D eigenvalue weighted by molar-refractivity contribution is 6.03. The minimum Gasteiger partial charge on any atom is -0.261 e. The summed E-state index contributed by atoms with van der Waals surface area (Å²) in [7, 11) is 0. The van der Waals surface area contributed by atoms with E-state index in [1.54, 1.807) is 0 Å². The highest BCUT2D eigenvalue weighted by Gasteiger charge is 2.03. The maximum atomic E-state index is 4.39. The molecule has 11 heavy (non-hydrogen) atoms. The SMILES string of the molecule is CC1=NC(C)=C(C)N=C(C)C1. The molecule has 0 saturated heterocycles. The van der Waals surface area contributed by atoms with E-state index in [4.69, 9.17) is 0 Å². The summed E-state index contributed by atoms with van der Waals surface area (Å²) in [6.45, 7) is 8.09. The van der Waals surface area contributed by atoms with Gasteiger partial charge in [0.1, 0.15) is 0 Å². The Bertz CT molecular complexity index is 231. The maximum Gasteiger partial charge on any atom is 0.0583 e. The van der Waals surface area contributed by atoms with Gasteiger partial charge in [-0.25, -0.2) is 0 Å². The standard InChI is InChI=1S/C9H14N2/c1-6-5-7(2)11-9(4)8(3)10-6/h5H2,1-4H3. The predicted molar refractivity (Wildman–Crippen MR) is 49.2 cm³/mol. The fraction of sp³-hybridized carbons (Fsp3) is 0.556. The Kier molecular flexibility index (Phi) is 2.22. The van der Waals surface area contributed by atoms with Crippen molar-refractivity contribution in [1.82, 2.24) is 0 Å². The molecule has 0 aromatic carbocycles. The van der Waals surface area contributed by atoms with E-state index in [0.717, 1.165) is 29.2 Å². The monoisotopic (exact) mass is 150 g/mol. The number of rotatable bonds is 0. The molecule has 0 aromatic heterocycles. The molecule has 2 nitrogen and oxygen atoms in total. The summed E-state index contributed by atoms with van der Waals surface area (Å²) in [6, 6.07) is 0. The van der Waals surface area contributed by atoms with E-state index < -0.39 is 0 Å². The fourth-order valence-corrected chi connectivity index (χ4v) is 1.18. The summed E-state index contributed by atoms with van der Waals surface area (Å²) >= 11 is 0. The smallest absolute Gasteiger partial charge is 0.0583 e. The first kappa shape index (κ1) is 8.18. The molecule has 0 bridgehead atoms. The molecule has 0 spiro atoms. The number of hydrogen-bond donors (Lipinski definition) is 0. The van der Waals surface area contributed by atoms with E-state index in [9.17, 15) is 0 Å². The van der Waals surface area contributed by atoms with Crippen LogP contribution in [-0.4, -0.2) is 11.4 Å². The van der Waals surface area contributed by atoms with Crippen LogP contribution in [0.25, 0.3) is 0 Å². The average Bonchev–Trinajstić information content (AvgIpc) is 1.93. The lowest BCUT2D eigenvalue weighted by Crippen LogP contribution is -1.98. The van der Waals surface area contributed by atoms with Crippen molar-refractivity contribution in [3.8, 4) is 0 Å². The summed E-state index contributed by atoms with van der Waals surface area (Å²) in [5, 5.41) is 0. The van der Waals surface area contributed by atoms with Crippen LogP contribution in [0.3, 0.4) is 0 Å². The third kappa shape index (κ3) is 2.00. The minimum atomic E-state index is 0.911. The number of nitrogens with zero attached hydrogens (tertiary/aromatic N) is 2. The van der Waals surface area contributed by atoms with Gasteiger partial charge in [0, 0.05) is 17.8 Å². The topological polar surface area (TPSA) is 24.7 Å². The normalized spacial score (nSPS) is 19.3. The molecule has 0 atom stereocenters. The third-order valence-electron chi connectivity index (χ3n) is 1.75. The van der Waals surface area contributed by atoms with Crippen LogP contribution in [0.4, 0.5) is 0 Å². The molecule has 0 amide bonds. The van der Waals surface area contributed by atoms with Crippen LogP contribution in [0.5, 0.6) is 0 Å². The zero-order valence-corrected chi connectivity index (χ0v) is 7.60. The highest BCUT2D eigenvalue weighted by Crippen LogP contribution is 2.12. The van der Waals surface area contributed by atoms with Gasteiger partial charge in [0.25, 0.3) is 0 Å². The van der Waals surface area contributed by atoms with Gasteiger partial charge in [-0.15, -0.1) is 0 Å². The molecule has 60 valence electrons. The Morgan fingerprint density at radius 3 is 1.55 bits per heavy atom. The lowest BCUT2D eigenvalue weighted by Gasteiger charge is -1.93. The van der Waals surface area contributed by atoms with Crippen molar-refractivity contribution < 1.29 is 0 Å². The van der Waals surface area contributed by atoms with Crippen molar-refractivity contribution in [2.75, 3.05) is 0 Å². The molecule has 1 heterocycles. The summed E-state index contributed by atoms with van der Waals surface area (Å²) in [6.07, 6.45) is 0.911. The van der Waals surface area contributed by atoms with Gasteiger partial charge in [0.15, 0.2) is 0 Å². The minimum absolute atomic E-state index is 0.911. The van der Waals surface area contributed by atoms with E-state index in [2.05, 4.69) is 9.98 Å². The molecule has 0 radical (unpaired) electrons. The van der Waals surface area contributed by atoms with Gasteiger partial charge in [-0.3, -0.25) is 9.98 Å². The lowest BCUT2D eigenvalue weighted by molar-refractivity contribution is 1.16. The van der Waals surface area contributed by atoms with Crippen LogP contribution < -0.4 is 0 Å².